The molecule has 20 heavy (non-hydrogen) atoms. The number of allylic oxidation sites excluding steroid dienone is 4. The summed E-state index contributed by atoms with van der Waals surface area (Å²) < 4.78 is 0. The van der Waals surface area contributed by atoms with Crippen molar-refractivity contribution in [2.45, 2.75) is 90.9 Å². The first-order valence-electron chi connectivity index (χ1n) is 9.20. The van der Waals surface area contributed by atoms with Gasteiger partial charge in [0.25, 0.3) is 0 Å². The van der Waals surface area contributed by atoms with Crippen LogP contribution in [0.3, 0.4) is 0 Å². The van der Waals surface area contributed by atoms with Crippen LogP contribution in [0.25, 0.3) is 0 Å². The summed E-state index contributed by atoms with van der Waals surface area (Å²) >= 11 is 0. The minimum atomic E-state index is 0.872. The highest BCUT2D eigenvalue weighted by Gasteiger charge is 2.23. The van der Waals surface area contributed by atoms with Gasteiger partial charge >= 0.3 is 0 Å². The average Bonchev–Trinajstić information content (AvgIpc) is 2.90. The lowest BCUT2D eigenvalue weighted by molar-refractivity contribution is 0.462. The molecule has 1 aliphatic carbocycles. The number of rotatable bonds is 11. The Morgan fingerprint density at radius 3 is 2.20 bits per heavy atom. The van der Waals surface area contributed by atoms with Crippen LogP contribution in [-0.2, 0) is 0 Å². The van der Waals surface area contributed by atoms with Crippen molar-refractivity contribution < 1.29 is 0 Å². The summed E-state index contributed by atoms with van der Waals surface area (Å²) in [6, 6.07) is 0. The molecule has 0 aromatic heterocycles. The van der Waals surface area contributed by atoms with E-state index in [1.54, 1.807) is 0 Å². The minimum absolute atomic E-state index is 0.872. The second-order valence-corrected chi connectivity index (χ2v) is 6.48. The molecule has 0 radical (unpaired) electrons. The zero-order valence-electron chi connectivity index (χ0n) is 13.9. The van der Waals surface area contributed by atoms with Gasteiger partial charge in [-0.05, 0) is 56.8 Å². The molecule has 1 fully saturated rings. The van der Waals surface area contributed by atoms with Crippen LogP contribution in [-0.4, -0.2) is 0 Å². The van der Waals surface area contributed by atoms with E-state index in [1.807, 2.05) is 0 Å². The Kier molecular flexibility index (Phi) is 10.7. The van der Waals surface area contributed by atoms with Gasteiger partial charge in [-0.3, -0.25) is 0 Å². The van der Waals surface area contributed by atoms with E-state index in [0.717, 1.165) is 11.8 Å². The van der Waals surface area contributed by atoms with E-state index in [9.17, 15) is 0 Å². The van der Waals surface area contributed by atoms with Crippen LogP contribution in [0.5, 0.6) is 0 Å². The smallest absolute Gasteiger partial charge is 0.0202 e. The molecule has 0 N–H and O–H groups in total. The highest BCUT2D eigenvalue weighted by Crippen LogP contribution is 2.35. The standard InChI is InChI=1S/C20H36/c1-3-5-7-9-11-13-16-20-18-14-17-19(20)15-12-10-8-6-4-2/h11-13,15,19-20H,3-10,14,16-18H2,1-2H3/b13-11-,15-12+/t19-,20-/m0/s1. The maximum atomic E-state index is 2.54. The third-order valence-corrected chi connectivity index (χ3v) is 4.66. The Morgan fingerprint density at radius 1 is 0.800 bits per heavy atom. The van der Waals surface area contributed by atoms with E-state index in [-0.39, 0.29) is 0 Å². The first-order chi connectivity index (χ1) is 9.88. The Morgan fingerprint density at radius 2 is 1.50 bits per heavy atom. The van der Waals surface area contributed by atoms with E-state index in [2.05, 4.69) is 38.2 Å². The quantitative estimate of drug-likeness (QED) is 0.280. The molecule has 0 spiro atoms. The van der Waals surface area contributed by atoms with Crippen molar-refractivity contribution >= 4 is 0 Å². The lowest BCUT2D eigenvalue weighted by Gasteiger charge is -2.14. The monoisotopic (exact) mass is 276 g/mol. The topological polar surface area (TPSA) is 0 Å². The number of hydrogen-bond acceptors (Lipinski definition) is 0. The molecule has 0 aromatic rings. The Balaban J connectivity index is 2.16. The second kappa shape index (κ2) is 12.2. The molecule has 0 nitrogen and oxygen atoms in total. The van der Waals surface area contributed by atoms with E-state index >= 15 is 0 Å². The van der Waals surface area contributed by atoms with Gasteiger partial charge < -0.3 is 0 Å². The van der Waals surface area contributed by atoms with Crippen LogP contribution in [0.15, 0.2) is 24.3 Å². The van der Waals surface area contributed by atoms with Gasteiger partial charge in [-0.1, -0.05) is 70.3 Å². The first kappa shape index (κ1) is 17.5. The van der Waals surface area contributed by atoms with Gasteiger partial charge in [0, 0.05) is 0 Å². The highest BCUT2D eigenvalue weighted by molar-refractivity contribution is 4.97. The van der Waals surface area contributed by atoms with E-state index in [4.69, 9.17) is 0 Å². The van der Waals surface area contributed by atoms with Crippen LogP contribution < -0.4 is 0 Å². The molecule has 2 atom stereocenters. The van der Waals surface area contributed by atoms with Crippen LogP contribution in [0.4, 0.5) is 0 Å². The summed E-state index contributed by atoms with van der Waals surface area (Å²) in [6.45, 7) is 4.56. The van der Waals surface area contributed by atoms with Crippen molar-refractivity contribution in [3.8, 4) is 0 Å². The minimum Gasteiger partial charge on any atom is -0.0885 e. The molecule has 0 aliphatic heterocycles. The summed E-state index contributed by atoms with van der Waals surface area (Å²) in [6.07, 6.45) is 26.3. The maximum absolute atomic E-state index is 2.54. The van der Waals surface area contributed by atoms with Crippen LogP contribution in [0, 0.1) is 11.8 Å². The summed E-state index contributed by atoms with van der Waals surface area (Å²) in [7, 11) is 0. The fourth-order valence-corrected chi connectivity index (χ4v) is 3.30. The molecule has 0 amide bonds. The van der Waals surface area contributed by atoms with Gasteiger partial charge in [0.1, 0.15) is 0 Å². The molecule has 0 saturated heterocycles. The SMILES string of the molecule is CCCCC/C=C\C[C@H]1CCC[C@@H]1/C=C/CCCCC. The predicted octanol–water partition coefficient (Wildman–Crippen LogP) is 7.07. The van der Waals surface area contributed by atoms with Crippen LogP contribution in [0.1, 0.15) is 90.9 Å². The van der Waals surface area contributed by atoms with Crippen molar-refractivity contribution in [2.75, 3.05) is 0 Å². The fourth-order valence-electron chi connectivity index (χ4n) is 3.30. The predicted molar refractivity (Wildman–Crippen MR) is 92.0 cm³/mol. The Bertz CT molecular complexity index is 261. The van der Waals surface area contributed by atoms with Crippen molar-refractivity contribution in [3.63, 3.8) is 0 Å². The van der Waals surface area contributed by atoms with Gasteiger partial charge in [-0.15, -0.1) is 0 Å². The van der Waals surface area contributed by atoms with Gasteiger partial charge in [0.2, 0.25) is 0 Å². The molecule has 1 saturated carbocycles. The first-order valence-corrected chi connectivity index (χ1v) is 9.20. The highest BCUT2D eigenvalue weighted by atomic mass is 14.3. The Hall–Kier alpha value is -0.520. The largest absolute Gasteiger partial charge is 0.0885 e. The van der Waals surface area contributed by atoms with Crippen molar-refractivity contribution in [2.24, 2.45) is 11.8 Å². The number of unbranched alkanes of at least 4 members (excludes halogenated alkanes) is 6. The van der Waals surface area contributed by atoms with Crippen LogP contribution in [0.2, 0.25) is 0 Å². The summed E-state index contributed by atoms with van der Waals surface area (Å²) in [4.78, 5) is 0. The fraction of sp³-hybridized carbons (Fsp3) is 0.800. The van der Waals surface area contributed by atoms with Gasteiger partial charge in [-0.2, -0.15) is 0 Å². The van der Waals surface area contributed by atoms with Crippen molar-refractivity contribution in [1.29, 1.82) is 0 Å². The third kappa shape index (κ3) is 7.92. The zero-order chi connectivity index (χ0) is 14.5. The molecule has 1 rings (SSSR count). The molecule has 0 aromatic carbocycles. The van der Waals surface area contributed by atoms with E-state index < -0.39 is 0 Å². The zero-order valence-corrected chi connectivity index (χ0v) is 13.9. The van der Waals surface area contributed by atoms with Crippen molar-refractivity contribution in [1.82, 2.24) is 0 Å². The Labute approximate surface area is 127 Å². The lowest BCUT2D eigenvalue weighted by Crippen LogP contribution is -2.03. The summed E-state index contributed by atoms with van der Waals surface area (Å²) in [5.41, 5.74) is 0. The van der Waals surface area contributed by atoms with Gasteiger partial charge in [-0.25, -0.2) is 0 Å². The van der Waals surface area contributed by atoms with Crippen LogP contribution >= 0.6 is 0 Å². The molecule has 0 bridgehead atoms. The van der Waals surface area contributed by atoms with Crippen molar-refractivity contribution in [3.05, 3.63) is 24.3 Å². The molecule has 1 aliphatic rings. The summed E-state index contributed by atoms with van der Waals surface area (Å²) in [5.74, 6) is 1.80. The average molecular weight is 277 g/mol. The molecular weight excluding hydrogens is 240 g/mol. The molecule has 116 valence electrons. The summed E-state index contributed by atoms with van der Waals surface area (Å²) in [5, 5.41) is 0. The number of hydrogen-bond donors (Lipinski definition) is 0. The van der Waals surface area contributed by atoms with E-state index in [0.29, 0.717) is 0 Å². The molecule has 0 heterocycles. The molecular formula is C20H36. The molecule has 0 unspecified atom stereocenters. The third-order valence-electron chi connectivity index (χ3n) is 4.66. The van der Waals surface area contributed by atoms with Gasteiger partial charge in [0.15, 0.2) is 0 Å². The molecule has 0 heteroatoms. The maximum Gasteiger partial charge on any atom is -0.0202 e. The van der Waals surface area contributed by atoms with E-state index in [1.165, 1.54) is 77.0 Å². The second-order valence-electron chi connectivity index (χ2n) is 6.48. The van der Waals surface area contributed by atoms with Gasteiger partial charge in [0.05, 0.1) is 0 Å². The lowest BCUT2D eigenvalue weighted by atomic mass is 9.92. The normalized spacial score (nSPS) is 23.3.